The summed E-state index contributed by atoms with van der Waals surface area (Å²) in [5.74, 6) is -8.17. The standard InChI is InChI=1S/C36H63N13O12S/c1-18(2)28(48-30(56)19(3)44-25(52)15-41-32(58)22(10-13-62-5)46-35(61)29(20(4)50)47-24(51)14-37)34(60)42-16-26(53)49-12-7-9-23(49)33(59)45-21(8-6-11-40-36(38)39)31(57)43-17-27(54)55/h18-23,28-29,50H,6-17,37H2,1-5H3,(H,41,58)(H,42,60)(H,43,57)(H,44,52)(H,45,59)(H,46,61)(H,47,51)(H,48,56)(H,54,55)(H4,38,39,40)/t19-,20+,21-,22-,23-,28-,29-/m0/s1. The smallest absolute Gasteiger partial charge is 0.322 e. The molecular formula is C36H63N13O12S. The molecule has 7 atom stereocenters. The van der Waals surface area contributed by atoms with E-state index < -0.39 is 134 Å². The Bertz CT molecular complexity index is 1630. The number of nitrogens with one attached hydrogen (secondary N) is 8. The van der Waals surface area contributed by atoms with E-state index in [9.17, 15) is 53.1 Å². The number of aliphatic hydroxyl groups is 1. The van der Waals surface area contributed by atoms with Crippen LogP contribution in [0.3, 0.4) is 0 Å². The number of aliphatic imine (C=N–C) groups is 1. The van der Waals surface area contributed by atoms with E-state index in [4.69, 9.17) is 22.3 Å². The Balaban J connectivity index is 2.83. The van der Waals surface area contributed by atoms with E-state index in [1.54, 1.807) is 20.1 Å². The van der Waals surface area contributed by atoms with Crippen LogP contribution in [0.4, 0.5) is 0 Å². The van der Waals surface area contributed by atoms with Crippen molar-refractivity contribution in [1.82, 2.24) is 47.4 Å². The number of amides is 9. The number of guanidine groups is 1. The number of hydrogen-bond acceptors (Lipinski definition) is 14. The van der Waals surface area contributed by atoms with E-state index in [1.807, 2.05) is 0 Å². The second-order valence-electron chi connectivity index (χ2n) is 14.7. The lowest BCUT2D eigenvalue weighted by Crippen LogP contribution is -2.58. The Morgan fingerprint density at radius 1 is 0.742 bits per heavy atom. The number of nitrogens with zero attached hydrogens (tertiary/aromatic N) is 2. The third-order valence-electron chi connectivity index (χ3n) is 9.23. The number of aliphatic hydroxyl groups excluding tert-OH is 1. The molecule has 26 heteroatoms. The first-order chi connectivity index (χ1) is 29.1. The van der Waals surface area contributed by atoms with Crippen molar-refractivity contribution in [3.8, 4) is 0 Å². The fraction of sp³-hybridized carbons (Fsp3) is 0.694. The summed E-state index contributed by atoms with van der Waals surface area (Å²) in [4.78, 5) is 132. The average molecular weight is 902 g/mol. The van der Waals surface area contributed by atoms with Gasteiger partial charge in [-0.3, -0.25) is 52.9 Å². The van der Waals surface area contributed by atoms with Crippen LogP contribution in [-0.4, -0.2) is 174 Å². The van der Waals surface area contributed by atoms with Crippen LogP contribution < -0.4 is 59.7 Å². The van der Waals surface area contributed by atoms with Gasteiger partial charge in [-0.2, -0.15) is 11.8 Å². The van der Waals surface area contributed by atoms with E-state index in [0.717, 1.165) is 0 Å². The molecule has 1 rings (SSSR count). The molecule has 1 heterocycles. The van der Waals surface area contributed by atoms with Gasteiger partial charge < -0.3 is 74.8 Å². The predicted molar refractivity (Wildman–Crippen MR) is 225 cm³/mol. The molecule has 0 aromatic carbocycles. The van der Waals surface area contributed by atoms with Crippen LogP contribution in [0.25, 0.3) is 0 Å². The summed E-state index contributed by atoms with van der Waals surface area (Å²) in [5, 5.41) is 38.3. The molecule has 0 spiro atoms. The lowest BCUT2D eigenvalue weighted by atomic mass is 10.0. The van der Waals surface area contributed by atoms with Crippen LogP contribution >= 0.6 is 11.8 Å². The molecule has 1 aliphatic heterocycles. The number of likely N-dealkylation sites (tertiary alicyclic amines) is 1. The van der Waals surface area contributed by atoms with Gasteiger partial charge in [0.2, 0.25) is 53.2 Å². The van der Waals surface area contributed by atoms with Crippen molar-refractivity contribution >= 4 is 76.9 Å². The maximum atomic E-state index is 13.3. The molecule has 0 unspecified atom stereocenters. The minimum Gasteiger partial charge on any atom is -0.480 e. The van der Waals surface area contributed by atoms with Gasteiger partial charge in [0.25, 0.3) is 0 Å². The third-order valence-corrected chi connectivity index (χ3v) is 9.88. The highest BCUT2D eigenvalue weighted by Crippen LogP contribution is 2.18. The molecule has 350 valence electrons. The van der Waals surface area contributed by atoms with E-state index >= 15 is 0 Å². The van der Waals surface area contributed by atoms with Crippen molar-refractivity contribution in [2.75, 3.05) is 51.3 Å². The highest BCUT2D eigenvalue weighted by Gasteiger charge is 2.37. The molecule has 0 aromatic rings. The van der Waals surface area contributed by atoms with Crippen molar-refractivity contribution in [2.24, 2.45) is 28.1 Å². The summed E-state index contributed by atoms with van der Waals surface area (Å²) >= 11 is 1.38. The second-order valence-corrected chi connectivity index (χ2v) is 15.6. The molecular weight excluding hydrogens is 839 g/mol. The summed E-state index contributed by atoms with van der Waals surface area (Å²) in [7, 11) is 0. The molecule has 1 aliphatic rings. The average Bonchev–Trinajstić information content (AvgIpc) is 3.71. The Kier molecular flexibility index (Phi) is 24.5. The molecule has 1 fully saturated rings. The fourth-order valence-corrected chi connectivity index (χ4v) is 6.38. The van der Waals surface area contributed by atoms with Crippen LogP contribution in [-0.2, 0) is 47.9 Å². The van der Waals surface area contributed by atoms with Gasteiger partial charge in [0.1, 0.15) is 42.8 Å². The number of thioether (sulfide) groups is 1. The van der Waals surface area contributed by atoms with Crippen LogP contribution in [0.1, 0.15) is 59.8 Å². The van der Waals surface area contributed by atoms with E-state index in [0.29, 0.717) is 12.2 Å². The van der Waals surface area contributed by atoms with Crippen molar-refractivity contribution in [2.45, 2.75) is 102 Å². The number of carboxylic acids is 1. The molecule has 9 amide bonds. The molecule has 0 aromatic heterocycles. The summed E-state index contributed by atoms with van der Waals surface area (Å²) in [6.07, 6.45) is 1.58. The van der Waals surface area contributed by atoms with E-state index in [2.05, 4.69) is 47.5 Å². The zero-order valence-electron chi connectivity index (χ0n) is 35.6. The van der Waals surface area contributed by atoms with Crippen LogP contribution in [0.15, 0.2) is 4.99 Å². The Hall–Kier alpha value is -5.76. The third kappa shape index (κ3) is 19.7. The normalized spacial score (nSPS) is 16.2. The summed E-state index contributed by atoms with van der Waals surface area (Å²) in [6.45, 7) is 3.91. The quantitative estimate of drug-likeness (QED) is 0.0207. The van der Waals surface area contributed by atoms with Crippen LogP contribution in [0, 0.1) is 5.92 Å². The van der Waals surface area contributed by atoms with Gasteiger partial charge >= 0.3 is 5.97 Å². The molecule has 0 radical (unpaired) electrons. The van der Waals surface area contributed by atoms with Crippen molar-refractivity contribution < 1.29 is 58.2 Å². The van der Waals surface area contributed by atoms with Crippen molar-refractivity contribution in [3.63, 3.8) is 0 Å². The number of carbonyl (C=O) groups excluding carboxylic acids is 9. The predicted octanol–water partition coefficient (Wildman–Crippen LogP) is -6.34. The minimum atomic E-state index is -1.40. The summed E-state index contributed by atoms with van der Waals surface area (Å²) in [6, 6.07) is -7.09. The Morgan fingerprint density at radius 2 is 1.35 bits per heavy atom. The monoisotopic (exact) mass is 901 g/mol. The molecule has 0 aliphatic carbocycles. The number of aliphatic carboxylic acids is 1. The molecule has 25 nitrogen and oxygen atoms in total. The molecule has 0 bridgehead atoms. The highest BCUT2D eigenvalue weighted by atomic mass is 32.2. The van der Waals surface area contributed by atoms with Gasteiger partial charge in [0.05, 0.1) is 25.7 Å². The molecule has 62 heavy (non-hydrogen) atoms. The van der Waals surface area contributed by atoms with Gasteiger partial charge in [0, 0.05) is 13.1 Å². The zero-order chi connectivity index (χ0) is 47.1. The lowest BCUT2D eigenvalue weighted by molar-refractivity contribution is -0.140. The molecule has 1 saturated heterocycles. The topological polar surface area (TPSA) is 401 Å². The number of hydrogen-bond donors (Lipinski definition) is 13. The Labute approximate surface area is 363 Å². The van der Waals surface area contributed by atoms with Crippen molar-refractivity contribution in [1.29, 1.82) is 0 Å². The lowest BCUT2D eigenvalue weighted by Gasteiger charge is -2.27. The van der Waals surface area contributed by atoms with Crippen molar-refractivity contribution in [3.05, 3.63) is 0 Å². The number of rotatable bonds is 27. The first-order valence-electron chi connectivity index (χ1n) is 19.9. The number of carboxylic acid groups (broad SMARTS) is 1. The SMILES string of the molecule is CSCC[C@H](NC(=O)[C@@H](NC(=O)CN)[C@@H](C)O)C(=O)NCC(=O)N[C@@H](C)C(=O)N[C@H](C(=O)NCC(=O)N1CCC[C@H]1C(=O)N[C@@H](CCCN=C(N)N)C(=O)NCC(=O)O)C(C)C. The summed E-state index contributed by atoms with van der Waals surface area (Å²) in [5.41, 5.74) is 15.9. The van der Waals surface area contributed by atoms with Crippen LogP contribution in [0.5, 0.6) is 0 Å². The van der Waals surface area contributed by atoms with Crippen LogP contribution in [0.2, 0.25) is 0 Å². The van der Waals surface area contributed by atoms with Gasteiger partial charge in [-0.1, -0.05) is 13.8 Å². The van der Waals surface area contributed by atoms with Gasteiger partial charge in [-0.15, -0.1) is 0 Å². The van der Waals surface area contributed by atoms with E-state index in [-0.39, 0.29) is 44.7 Å². The highest BCUT2D eigenvalue weighted by molar-refractivity contribution is 7.98. The van der Waals surface area contributed by atoms with E-state index in [1.165, 1.54) is 30.5 Å². The number of carbonyl (C=O) groups is 10. The van der Waals surface area contributed by atoms with Gasteiger partial charge in [0.15, 0.2) is 5.96 Å². The molecule has 0 saturated carbocycles. The van der Waals surface area contributed by atoms with Gasteiger partial charge in [-0.25, -0.2) is 0 Å². The van der Waals surface area contributed by atoms with Gasteiger partial charge in [-0.05, 0) is 63.9 Å². The first kappa shape index (κ1) is 54.3. The maximum Gasteiger partial charge on any atom is 0.322 e. The number of nitrogens with two attached hydrogens (primary N) is 3. The first-order valence-corrected chi connectivity index (χ1v) is 21.3. The molecule has 16 N–H and O–H groups in total. The zero-order valence-corrected chi connectivity index (χ0v) is 36.4. The maximum absolute atomic E-state index is 13.3. The summed E-state index contributed by atoms with van der Waals surface area (Å²) < 4.78 is 0. The fourth-order valence-electron chi connectivity index (χ4n) is 5.90. The second kappa shape index (κ2) is 28.0. The minimum absolute atomic E-state index is 0.0541. The largest absolute Gasteiger partial charge is 0.480 e. The Morgan fingerprint density at radius 3 is 1.92 bits per heavy atom.